The molecule has 10 heteroatoms. The van der Waals surface area contributed by atoms with E-state index in [1.807, 2.05) is 5.32 Å². The number of rotatable bonds is 7. The van der Waals surface area contributed by atoms with Gasteiger partial charge in [-0.15, -0.1) is 12.4 Å². The summed E-state index contributed by atoms with van der Waals surface area (Å²) < 4.78 is 30.5. The van der Waals surface area contributed by atoms with E-state index in [9.17, 15) is 23.7 Å². The number of nitrogens with zero attached hydrogens (tertiary/aromatic N) is 1. The Kier molecular flexibility index (Phi) is 7.53. The second kappa shape index (κ2) is 8.32. The topological polar surface area (TPSA) is 107 Å². The van der Waals surface area contributed by atoms with E-state index < -0.39 is 36.4 Å². The van der Waals surface area contributed by atoms with Gasteiger partial charge < -0.3 is 15.8 Å². The SMILES string of the molecule is Cl.NCC(F)(F)CNC(=O)COc1cccc([N+](=O)[O-])c1. The second-order valence-electron chi connectivity index (χ2n) is 3.88. The van der Waals surface area contributed by atoms with Gasteiger partial charge in [0, 0.05) is 6.07 Å². The van der Waals surface area contributed by atoms with E-state index in [0.29, 0.717) is 0 Å². The molecule has 0 unspecified atom stereocenters. The highest BCUT2D eigenvalue weighted by atomic mass is 35.5. The second-order valence-corrected chi connectivity index (χ2v) is 3.88. The number of benzene rings is 1. The Bertz CT molecular complexity index is 502. The van der Waals surface area contributed by atoms with Crippen LogP contribution in [0, 0.1) is 10.1 Å². The molecule has 1 aromatic rings. The molecule has 0 spiro atoms. The third kappa shape index (κ3) is 6.82. The molecule has 0 heterocycles. The van der Waals surface area contributed by atoms with Crippen molar-refractivity contribution in [2.24, 2.45) is 5.73 Å². The van der Waals surface area contributed by atoms with Crippen LogP contribution in [-0.4, -0.2) is 36.4 Å². The van der Waals surface area contributed by atoms with Crippen molar-refractivity contribution in [2.75, 3.05) is 19.7 Å². The highest BCUT2D eigenvalue weighted by Gasteiger charge is 2.27. The summed E-state index contributed by atoms with van der Waals surface area (Å²) >= 11 is 0. The van der Waals surface area contributed by atoms with Crippen LogP contribution in [0.1, 0.15) is 0 Å². The first-order valence-corrected chi connectivity index (χ1v) is 5.56. The molecule has 0 bridgehead atoms. The molecule has 1 rings (SSSR count). The lowest BCUT2D eigenvalue weighted by atomic mass is 10.3. The summed E-state index contributed by atoms with van der Waals surface area (Å²) in [4.78, 5) is 21.2. The van der Waals surface area contributed by atoms with Crippen molar-refractivity contribution < 1.29 is 23.2 Å². The van der Waals surface area contributed by atoms with Crippen LogP contribution >= 0.6 is 12.4 Å². The molecular formula is C11H14ClF2N3O4. The number of carbonyl (C=O) groups excluding carboxylic acids is 1. The maximum atomic E-state index is 12.8. The Morgan fingerprint density at radius 3 is 2.71 bits per heavy atom. The summed E-state index contributed by atoms with van der Waals surface area (Å²) in [6.45, 7) is -2.29. The first-order chi connectivity index (χ1) is 9.34. The molecule has 0 aromatic heterocycles. The van der Waals surface area contributed by atoms with Gasteiger partial charge in [-0.05, 0) is 6.07 Å². The Hall–Kier alpha value is -2.00. The minimum Gasteiger partial charge on any atom is -0.484 e. The van der Waals surface area contributed by atoms with Crippen LogP contribution < -0.4 is 15.8 Å². The van der Waals surface area contributed by atoms with Gasteiger partial charge in [-0.2, -0.15) is 0 Å². The van der Waals surface area contributed by atoms with Crippen molar-refractivity contribution in [2.45, 2.75) is 5.92 Å². The van der Waals surface area contributed by atoms with E-state index in [4.69, 9.17) is 10.5 Å². The Labute approximate surface area is 125 Å². The third-order valence-corrected chi connectivity index (χ3v) is 2.24. The van der Waals surface area contributed by atoms with Crippen molar-refractivity contribution in [1.29, 1.82) is 0 Å². The standard InChI is InChI=1S/C11H13F2N3O4.ClH/c12-11(13,6-14)7-15-10(17)5-20-9-3-1-2-8(4-9)16(18)19;/h1-4H,5-7,14H2,(H,15,17);1H. The molecule has 0 atom stereocenters. The van der Waals surface area contributed by atoms with Gasteiger partial charge in [0.05, 0.1) is 24.1 Å². The quantitative estimate of drug-likeness (QED) is 0.576. The zero-order valence-electron chi connectivity index (χ0n) is 10.8. The first-order valence-electron chi connectivity index (χ1n) is 5.56. The molecule has 7 nitrogen and oxygen atoms in total. The van der Waals surface area contributed by atoms with Gasteiger partial charge in [-0.25, -0.2) is 8.78 Å². The zero-order valence-corrected chi connectivity index (χ0v) is 11.6. The Balaban J connectivity index is 0.00000400. The minimum atomic E-state index is -3.18. The van der Waals surface area contributed by atoms with Gasteiger partial charge in [-0.3, -0.25) is 14.9 Å². The molecular weight excluding hydrogens is 312 g/mol. The van der Waals surface area contributed by atoms with Crippen LogP contribution in [0.3, 0.4) is 0 Å². The number of non-ortho nitro benzene ring substituents is 1. The average molecular weight is 326 g/mol. The maximum absolute atomic E-state index is 12.8. The van der Waals surface area contributed by atoms with Gasteiger partial charge in [0.2, 0.25) is 0 Å². The van der Waals surface area contributed by atoms with Crippen molar-refractivity contribution >= 4 is 24.0 Å². The molecule has 0 aliphatic rings. The normalized spacial score (nSPS) is 10.4. The number of amides is 1. The monoisotopic (exact) mass is 325 g/mol. The minimum absolute atomic E-state index is 0. The number of alkyl halides is 2. The number of ether oxygens (including phenoxy) is 1. The molecule has 3 N–H and O–H groups in total. The zero-order chi connectivity index (χ0) is 15.2. The molecule has 1 amide bonds. The van der Waals surface area contributed by atoms with Crippen molar-refractivity contribution in [1.82, 2.24) is 5.32 Å². The van der Waals surface area contributed by atoms with Crippen molar-refractivity contribution in [3.63, 3.8) is 0 Å². The van der Waals surface area contributed by atoms with Crippen LogP contribution in [0.4, 0.5) is 14.5 Å². The number of nitro groups is 1. The molecule has 21 heavy (non-hydrogen) atoms. The highest BCUT2D eigenvalue weighted by Crippen LogP contribution is 2.18. The predicted octanol–water partition coefficient (Wildman–Crippen LogP) is 1.11. The molecule has 118 valence electrons. The molecule has 0 aliphatic heterocycles. The summed E-state index contributed by atoms with van der Waals surface area (Å²) in [5, 5.41) is 12.5. The van der Waals surface area contributed by atoms with Crippen molar-refractivity contribution in [3.8, 4) is 5.75 Å². The summed E-state index contributed by atoms with van der Waals surface area (Å²) in [7, 11) is 0. The lowest BCUT2D eigenvalue weighted by molar-refractivity contribution is -0.384. The van der Waals surface area contributed by atoms with E-state index >= 15 is 0 Å². The van der Waals surface area contributed by atoms with Crippen LogP contribution in [0.25, 0.3) is 0 Å². The van der Waals surface area contributed by atoms with E-state index in [1.54, 1.807) is 0 Å². The van der Waals surface area contributed by atoms with Crippen LogP contribution in [0.15, 0.2) is 24.3 Å². The lowest BCUT2D eigenvalue weighted by Crippen LogP contribution is -2.43. The van der Waals surface area contributed by atoms with E-state index in [1.165, 1.54) is 18.2 Å². The number of hydrogen-bond donors (Lipinski definition) is 2. The molecule has 0 saturated heterocycles. The fourth-order valence-corrected chi connectivity index (χ4v) is 1.19. The van der Waals surface area contributed by atoms with E-state index in [0.717, 1.165) is 6.07 Å². The molecule has 0 fully saturated rings. The number of nitrogens with one attached hydrogen (secondary N) is 1. The largest absolute Gasteiger partial charge is 0.484 e. The van der Waals surface area contributed by atoms with Crippen LogP contribution in [-0.2, 0) is 4.79 Å². The number of carbonyl (C=O) groups is 1. The number of nitrogens with two attached hydrogens (primary N) is 1. The molecule has 0 saturated carbocycles. The van der Waals surface area contributed by atoms with Gasteiger partial charge in [0.15, 0.2) is 6.61 Å². The summed E-state index contributed by atoms with van der Waals surface area (Å²) in [5.41, 5.74) is 4.61. The Morgan fingerprint density at radius 1 is 1.48 bits per heavy atom. The van der Waals surface area contributed by atoms with E-state index in [2.05, 4.69) is 0 Å². The summed E-state index contributed by atoms with van der Waals surface area (Å²) in [6.07, 6.45) is 0. The summed E-state index contributed by atoms with van der Waals surface area (Å²) in [5.74, 6) is -3.86. The van der Waals surface area contributed by atoms with Gasteiger partial charge >= 0.3 is 0 Å². The molecule has 0 radical (unpaired) electrons. The number of nitro benzene ring substituents is 1. The fourth-order valence-electron chi connectivity index (χ4n) is 1.19. The number of hydrogen-bond acceptors (Lipinski definition) is 5. The van der Waals surface area contributed by atoms with Gasteiger partial charge in [-0.1, -0.05) is 6.07 Å². The van der Waals surface area contributed by atoms with Crippen LogP contribution in [0.2, 0.25) is 0 Å². The maximum Gasteiger partial charge on any atom is 0.277 e. The summed E-state index contributed by atoms with van der Waals surface area (Å²) in [6, 6.07) is 5.18. The average Bonchev–Trinajstić information content (AvgIpc) is 2.43. The van der Waals surface area contributed by atoms with Gasteiger partial charge in [0.1, 0.15) is 5.75 Å². The van der Waals surface area contributed by atoms with Gasteiger partial charge in [0.25, 0.3) is 17.5 Å². The highest BCUT2D eigenvalue weighted by molar-refractivity contribution is 5.85. The fraction of sp³-hybridized carbons (Fsp3) is 0.364. The van der Waals surface area contributed by atoms with Crippen LogP contribution in [0.5, 0.6) is 5.75 Å². The Morgan fingerprint density at radius 2 is 2.14 bits per heavy atom. The number of halogens is 3. The smallest absolute Gasteiger partial charge is 0.277 e. The molecule has 0 aliphatic carbocycles. The predicted molar refractivity (Wildman–Crippen MR) is 72.9 cm³/mol. The molecule has 1 aromatic carbocycles. The third-order valence-electron chi connectivity index (χ3n) is 2.24. The van der Waals surface area contributed by atoms with Crippen molar-refractivity contribution in [3.05, 3.63) is 34.4 Å². The van der Waals surface area contributed by atoms with E-state index in [-0.39, 0.29) is 23.8 Å². The first kappa shape index (κ1) is 19.0. The lowest BCUT2D eigenvalue weighted by Gasteiger charge is -2.14.